The molecule has 0 heterocycles. The van der Waals surface area contributed by atoms with Crippen molar-refractivity contribution >= 4 is 29.5 Å². The molecule has 0 aliphatic heterocycles. The Hall–Kier alpha value is -2.15. The topological polar surface area (TPSA) is 89.8 Å². The lowest BCUT2D eigenvalue weighted by atomic mass is 10.1. The molecule has 0 atom stereocenters. The van der Waals surface area contributed by atoms with Gasteiger partial charge in [0.1, 0.15) is 16.3 Å². The maximum absolute atomic E-state index is 12.7. The average molecular weight is 455 g/mol. The number of halogens is 1. The van der Waals surface area contributed by atoms with Gasteiger partial charge in [0.15, 0.2) is 6.29 Å². The minimum atomic E-state index is -0.697. The van der Waals surface area contributed by atoms with Crippen LogP contribution in [-0.2, 0) is 4.79 Å². The predicted octanol–water partition coefficient (Wildman–Crippen LogP) is 6.21. The lowest BCUT2D eigenvalue weighted by Crippen LogP contribution is -2.33. The van der Waals surface area contributed by atoms with Gasteiger partial charge in [-0.15, -0.1) is 0 Å². The molecule has 0 radical (unpaired) electrons. The predicted molar refractivity (Wildman–Crippen MR) is 123 cm³/mol. The molecule has 1 rings (SSSR count). The Morgan fingerprint density at radius 1 is 1.06 bits per heavy atom. The van der Waals surface area contributed by atoms with Gasteiger partial charge in [-0.3, -0.25) is 19.7 Å². The van der Waals surface area contributed by atoms with Crippen molar-refractivity contribution in [2.24, 2.45) is 0 Å². The Morgan fingerprint density at radius 3 is 2.19 bits per heavy atom. The summed E-state index contributed by atoms with van der Waals surface area (Å²) in [5.41, 5.74) is -0.645. The van der Waals surface area contributed by atoms with Gasteiger partial charge in [-0.2, -0.15) is 0 Å². The van der Waals surface area contributed by atoms with Crippen LogP contribution in [0.1, 0.15) is 88.4 Å². The summed E-state index contributed by atoms with van der Waals surface area (Å²) in [6.45, 7) is 6.08. The highest BCUT2D eigenvalue weighted by Gasteiger charge is 2.23. The van der Waals surface area contributed by atoms with Gasteiger partial charge in [0.2, 0.25) is 5.91 Å². The molecule has 0 aliphatic rings. The summed E-state index contributed by atoms with van der Waals surface area (Å²) in [4.78, 5) is 36.4. The Kier molecular flexibility index (Phi) is 13.5. The zero-order valence-electron chi connectivity index (χ0n) is 18.7. The molecule has 0 N–H and O–H groups in total. The summed E-state index contributed by atoms with van der Waals surface area (Å²) in [6.07, 6.45) is 10.1. The number of ether oxygens (including phenoxy) is 1. The van der Waals surface area contributed by atoms with E-state index in [1.165, 1.54) is 25.0 Å². The van der Waals surface area contributed by atoms with Crippen molar-refractivity contribution in [3.63, 3.8) is 0 Å². The van der Waals surface area contributed by atoms with Crippen molar-refractivity contribution in [1.29, 1.82) is 0 Å². The molecule has 0 aromatic heterocycles. The zero-order chi connectivity index (χ0) is 23.1. The Labute approximate surface area is 190 Å². The van der Waals surface area contributed by atoms with Crippen LogP contribution in [-0.4, -0.2) is 41.7 Å². The minimum absolute atomic E-state index is 0.106. The van der Waals surface area contributed by atoms with Crippen LogP contribution >= 0.6 is 11.6 Å². The van der Waals surface area contributed by atoms with Crippen LogP contribution in [0.25, 0.3) is 0 Å². The highest BCUT2D eigenvalue weighted by atomic mass is 35.5. The molecule has 0 spiro atoms. The first-order valence-electron chi connectivity index (χ1n) is 11.3. The van der Waals surface area contributed by atoms with E-state index < -0.39 is 10.6 Å². The van der Waals surface area contributed by atoms with Crippen LogP contribution in [0.2, 0.25) is 5.02 Å². The van der Waals surface area contributed by atoms with Crippen LogP contribution in [0, 0.1) is 10.1 Å². The maximum atomic E-state index is 12.7. The van der Waals surface area contributed by atoms with E-state index in [0.29, 0.717) is 19.1 Å². The molecule has 7 nitrogen and oxygen atoms in total. The lowest BCUT2D eigenvalue weighted by Gasteiger charge is -2.23. The second-order valence-electron chi connectivity index (χ2n) is 7.64. The zero-order valence-corrected chi connectivity index (χ0v) is 19.5. The van der Waals surface area contributed by atoms with Crippen molar-refractivity contribution in [3.8, 4) is 5.75 Å². The number of hydrogen-bond donors (Lipinski definition) is 0. The molecule has 0 bridgehead atoms. The van der Waals surface area contributed by atoms with E-state index in [9.17, 15) is 19.7 Å². The number of nitro benzene ring substituents is 1. The number of hydrogen-bond acceptors (Lipinski definition) is 5. The first-order valence-corrected chi connectivity index (χ1v) is 11.7. The van der Waals surface area contributed by atoms with E-state index in [4.69, 9.17) is 16.3 Å². The third-order valence-electron chi connectivity index (χ3n) is 5.14. The van der Waals surface area contributed by atoms with E-state index in [-0.39, 0.29) is 28.8 Å². The first-order chi connectivity index (χ1) is 15.0. The van der Waals surface area contributed by atoms with Gasteiger partial charge in [0, 0.05) is 19.5 Å². The van der Waals surface area contributed by atoms with Crippen molar-refractivity contribution < 1.29 is 19.2 Å². The molecule has 1 aromatic carbocycles. The molecule has 1 aromatic rings. The van der Waals surface area contributed by atoms with Crippen LogP contribution in [0.5, 0.6) is 5.75 Å². The van der Waals surface area contributed by atoms with Crippen molar-refractivity contribution in [2.75, 3.05) is 19.7 Å². The molecule has 31 heavy (non-hydrogen) atoms. The number of rotatable bonds is 17. The molecule has 0 unspecified atom stereocenters. The SMILES string of the molecule is CCCCCCN(CCCCCC)C(=O)CCCOc1ccc(Cl)c([N+](=O)[O-])c1C=O. The standard InChI is InChI=1S/C23H35ClN2O5/c1-3-5-7-9-15-25(16-10-8-6-4-2)22(28)12-11-17-31-21-14-13-20(24)23(26(29)30)19(21)18-27/h13-14,18H,3-12,15-17H2,1-2H3. The molecule has 1 amide bonds. The normalized spacial score (nSPS) is 10.7. The highest BCUT2D eigenvalue weighted by Crippen LogP contribution is 2.34. The molecule has 0 fully saturated rings. The van der Waals surface area contributed by atoms with Gasteiger partial charge >= 0.3 is 5.69 Å². The smallest absolute Gasteiger partial charge is 0.302 e. The number of amides is 1. The molecular formula is C23H35ClN2O5. The largest absolute Gasteiger partial charge is 0.493 e. The summed E-state index contributed by atoms with van der Waals surface area (Å²) >= 11 is 5.83. The van der Waals surface area contributed by atoms with Crippen molar-refractivity contribution in [1.82, 2.24) is 4.90 Å². The van der Waals surface area contributed by atoms with Crippen molar-refractivity contribution in [3.05, 3.63) is 32.8 Å². The summed E-state index contributed by atoms with van der Waals surface area (Å²) in [6, 6.07) is 2.77. The van der Waals surface area contributed by atoms with Gasteiger partial charge in [-0.05, 0) is 31.4 Å². The molecule has 0 aliphatic carbocycles. The molecule has 0 saturated carbocycles. The Bertz CT molecular complexity index is 699. The summed E-state index contributed by atoms with van der Waals surface area (Å²) in [5, 5.41) is 11.0. The van der Waals surface area contributed by atoms with Crippen molar-refractivity contribution in [2.45, 2.75) is 78.1 Å². The number of aldehydes is 1. The van der Waals surface area contributed by atoms with Crippen LogP contribution in [0.3, 0.4) is 0 Å². The number of nitro groups is 1. The lowest BCUT2D eigenvalue weighted by molar-refractivity contribution is -0.385. The van der Waals surface area contributed by atoms with Crippen LogP contribution in [0.4, 0.5) is 5.69 Å². The van der Waals surface area contributed by atoms with Gasteiger partial charge in [0.25, 0.3) is 0 Å². The minimum Gasteiger partial charge on any atom is -0.493 e. The van der Waals surface area contributed by atoms with Crippen LogP contribution < -0.4 is 4.74 Å². The maximum Gasteiger partial charge on any atom is 0.302 e. The van der Waals surface area contributed by atoms with Gasteiger partial charge in [-0.1, -0.05) is 64.0 Å². The fourth-order valence-corrected chi connectivity index (χ4v) is 3.61. The number of carbonyl (C=O) groups excluding carboxylic acids is 2. The molecule has 174 valence electrons. The number of nitrogens with zero attached hydrogens (tertiary/aromatic N) is 2. The average Bonchev–Trinajstić information content (AvgIpc) is 2.75. The Balaban J connectivity index is 2.58. The number of carbonyl (C=O) groups is 2. The fourth-order valence-electron chi connectivity index (χ4n) is 3.37. The second-order valence-corrected chi connectivity index (χ2v) is 8.04. The van der Waals surface area contributed by atoms with E-state index in [2.05, 4.69) is 13.8 Å². The van der Waals surface area contributed by atoms with E-state index in [1.54, 1.807) is 0 Å². The monoisotopic (exact) mass is 454 g/mol. The van der Waals surface area contributed by atoms with Gasteiger partial charge in [0.05, 0.1) is 11.5 Å². The third kappa shape index (κ3) is 9.68. The molecule has 0 saturated heterocycles. The van der Waals surface area contributed by atoms with E-state index >= 15 is 0 Å². The van der Waals surface area contributed by atoms with Gasteiger partial charge < -0.3 is 9.64 Å². The second kappa shape index (κ2) is 15.6. The number of benzene rings is 1. The van der Waals surface area contributed by atoms with Crippen LogP contribution in [0.15, 0.2) is 12.1 Å². The summed E-state index contributed by atoms with van der Waals surface area (Å²) in [5.74, 6) is 0.212. The summed E-state index contributed by atoms with van der Waals surface area (Å²) in [7, 11) is 0. The summed E-state index contributed by atoms with van der Waals surface area (Å²) < 4.78 is 5.57. The fraction of sp³-hybridized carbons (Fsp3) is 0.652. The third-order valence-corrected chi connectivity index (χ3v) is 5.44. The van der Waals surface area contributed by atoms with E-state index in [0.717, 1.165) is 51.6 Å². The highest BCUT2D eigenvalue weighted by molar-refractivity contribution is 6.33. The first kappa shape index (κ1) is 26.9. The Morgan fingerprint density at radius 2 is 1.68 bits per heavy atom. The molecular weight excluding hydrogens is 420 g/mol. The molecule has 8 heteroatoms. The quantitative estimate of drug-likeness (QED) is 0.121. The van der Waals surface area contributed by atoms with E-state index in [1.807, 2.05) is 4.90 Å². The number of unbranched alkanes of at least 4 members (excludes halogenated alkanes) is 6. The van der Waals surface area contributed by atoms with Gasteiger partial charge in [-0.25, -0.2) is 0 Å².